The summed E-state index contributed by atoms with van der Waals surface area (Å²) in [5.41, 5.74) is 0.202. The van der Waals surface area contributed by atoms with E-state index in [0.29, 0.717) is 18.1 Å². The van der Waals surface area contributed by atoms with Crippen molar-refractivity contribution in [1.29, 1.82) is 0 Å². The number of amides is 1. The summed E-state index contributed by atoms with van der Waals surface area (Å²) in [6.45, 7) is 7.89. The molecule has 1 amide bonds. The summed E-state index contributed by atoms with van der Waals surface area (Å²) in [5, 5.41) is 6.30. The zero-order valence-corrected chi connectivity index (χ0v) is 19.8. The molecule has 0 spiro atoms. The monoisotopic (exact) mass is 470 g/mol. The largest absolute Gasteiger partial charge is 0.531 e. The van der Waals surface area contributed by atoms with Gasteiger partial charge >= 0.3 is 13.1 Å². The molecule has 2 N–H and O–H groups in total. The molecule has 0 aromatic heterocycles. The fourth-order valence-corrected chi connectivity index (χ4v) is 3.85. The molecule has 1 aromatic carbocycles. The second kappa shape index (κ2) is 11.9. The quantitative estimate of drug-likeness (QED) is 0.564. The molecule has 0 radical (unpaired) electrons. The Morgan fingerprint density at radius 2 is 2.00 bits per heavy atom. The lowest BCUT2D eigenvalue weighted by molar-refractivity contribution is -0.139. The number of benzene rings is 1. The van der Waals surface area contributed by atoms with Gasteiger partial charge in [-0.25, -0.2) is 0 Å². The van der Waals surface area contributed by atoms with Crippen LogP contribution in [0.25, 0.3) is 0 Å². The van der Waals surface area contributed by atoms with Gasteiger partial charge in [0.15, 0.2) is 5.78 Å². The standard InChI is InChI=1S/C21H29BCl2N2O5/c1-12(2)7-15(22-30-11-13(3)26-14(4)21(29)31-22)8-17(27)10-25-20(28)18-9-16(23)5-6-19(18)24/h5-6,9,12-15,26H,7-8,10-11H2,1-4H3,(H,25,28)/t13-,14-,15-/m1/s1. The second-order valence-electron chi connectivity index (χ2n) is 8.37. The molecular formula is C21H29BCl2N2O5. The van der Waals surface area contributed by atoms with Crippen molar-refractivity contribution < 1.29 is 23.7 Å². The molecule has 1 fully saturated rings. The molecular weight excluding hydrogens is 442 g/mol. The van der Waals surface area contributed by atoms with Gasteiger partial charge in [-0.2, -0.15) is 0 Å². The van der Waals surface area contributed by atoms with Crippen LogP contribution in [0.4, 0.5) is 0 Å². The van der Waals surface area contributed by atoms with Crippen LogP contribution in [0.5, 0.6) is 0 Å². The number of ketones is 1. The third-order valence-electron chi connectivity index (χ3n) is 4.90. The minimum Gasteiger partial charge on any atom is -0.508 e. The van der Waals surface area contributed by atoms with Gasteiger partial charge in [0.1, 0.15) is 6.04 Å². The topological polar surface area (TPSA) is 93.7 Å². The molecule has 2 rings (SSSR count). The average Bonchev–Trinajstić information content (AvgIpc) is 2.69. The Morgan fingerprint density at radius 3 is 2.68 bits per heavy atom. The van der Waals surface area contributed by atoms with E-state index in [4.69, 9.17) is 32.5 Å². The number of Topliss-reactive ketones (excluding diaryl/α,β-unsaturated/α-hetero) is 1. The van der Waals surface area contributed by atoms with Crippen molar-refractivity contribution in [3.05, 3.63) is 33.8 Å². The number of nitrogens with one attached hydrogen (secondary N) is 2. The lowest BCUT2D eigenvalue weighted by Crippen LogP contribution is -2.50. The highest BCUT2D eigenvalue weighted by Gasteiger charge is 2.38. The predicted molar refractivity (Wildman–Crippen MR) is 121 cm³/mol. The van der Waals surface area contributed by atoms with Gasteiger partial charge in [-0.3, -0.25) is 19.7 Å². The molecule has 1 aliphatic heterocycles. The lowest BCUT2D eigenvalue weighted by Gasteiger charge is -2.30. The minimum atomic E-state index is -0.816. The highest BCUT2D eigenvalue weighted by molar-refractivity contribution is 6.49. The van der Waals surface area contributed by atoms with Crippen LogP contribution in [-0.2, 0) is 18.9 Å². The molecule has 170 valence electrons. The number of carbonyl (C=O) groups is 3. The van der Waals surface area contributed by atoms with Crippen molar-refractivity contribution in [2.75, 3.05) is 13.2 Å². The Bertz CT molecular complexity index is 808. The minimum absolute atomic E-state index is 0.0255. The van der Waals surface area contributed by atoms with E-state index in [2.05, 4.69) is 10.6 Å². The number of hydrogen-bond acceptors (Lipinski definition) is 6. The maximum atomic E-state index is 12.6. The number of halogens is 2. The van der Waals surface area contributed by atoms with E-state index >= 15 is 0 Å². The first-order chi connectivity index (χ1) is 14.6. The van der Waals surface area contributed by atoms with Gasteiger partial charge in [0.25, 0.3) is 5.91 Å². The molecule has 0 unspecified atom stereocenters. The Balaban J connectivity index is 2.02. The van der Waals surface area contributed by atoms with E-state index in [9.17, 15) is 14.4 Å². The van der Waals surface area contributed by atoms with Gasteiger partial charge in [-0.1, -0.05) is 37.0 Å². The first kappa shape index (κ1) is 25.7. The highest BCUT2D eigenvalue weighted by atomic mass is 35.5. The molecule has 0 aliphatic carbocycles. The van der Waals surface area contributed by atoms with Gasteiger partial charge in [0.2, 0.25) is 0 Å². The predicted octanol–water partition coefficient (Wildman–Crippen LogP) is 3.53. The third-order valence-corrected chi connectivity index (χ3v) is 5.46. The first-order valence-corrected chi connectivity index (χ1v) is 11.2. The van der Waals surface area contributed by atoms with Gasteiger partial charge in [0.05, 0.1) is 17.1 Å². The van der Waals surface area contributed by atoms with Gasteiger partial charge in [-0.05, 0) is 44.4 Å². The first-order valence-electron chi connectivity index (χ1n) is 10.4. The van der Waals surface area contributed by atoms with E-state index in [1.165, 1.54) is 12.1 Å². The molecule has 1 heterocycles. The molecule has 7 nitrogen and oxygen atoms in total. The van der Waals surface area contributed by atoms with Crippen LogP contribution in [0.15, 0.2) is 18.2 Å². The summed E-state index contributed by atoms with van der Waals surface area (Å²) in [5.74, 6) is -1.15. The number of rotatable bonds is 8. The Hall–Kier alpha value is -1.61. The third kappa shape index (κ3) is 8.11. The van der Waals surface area contributed by atoms with Crippen LogP contribution in [0.1, 0.15) is 50.9 Å². The SMILES string of the molecule is CC(C)C[C@H](CC(=O)CNC(=O)c1cc(Cl)ccc1Cl)B1OC[C@@H](C)N[C@H](C)C(=O)O1. The fraction of sp³-hybridized carbons (Fsp3) is 0.571. The van der Waals surface area contributed by atoms with E-state index < -0.39 is 25.0 Å². The van der Waals surface area contributed by atoms with E-state index in [-0.39, 0.29) is 47.1 Å². The molecule has 1 aromatic rings. The summed E-state index contributed by atoms with van der Waals surface area (Å²) < 4.78 is 11.4. The van der Waals surface area contributed by atoms with Crippen molar-refractivity contribution >= 4 is 48.0 Å². The molecule has 3 atom stereocenters. The molecule has 31 heavy (non-hydrogen) atoms. The number of hydrogen-bond donors (Lipinski definition) is 2. The molecule has 1 saturated heterocycles. The fourth-order valence-electron chi connectivity index (χ4n) is 3.47. The van der Waals surface area contributed by atoms with Crippen molar-refractivity contribution in [3.63, 3.8) is 0 Å². The van der Waals surface area contributed by atoms with Crippen molar-refractivity contribution in [2.45, 2.75) is 58.4 Å². The van der Waals surface area contributed by atoms with Crippen molar-refractivity contribution in [1.82, 2.24) is 10.6 Å². The summed E-state index contributed by atoms with van der Waals surface area (Å²) in [6.07, 6.45) is 0.740. The average molecular weight is 471 g/mol. The lowest BCUT2D eigenvalue weighted by atomic mass is 9.65. The molecule has 1 aliphatic rings. The number of carbonyl (C=O) groups excluding carboxylic acids is 3. The van der Waals surface area contributed by atoms with Crippen LogP contribution >= 0.6 is 23.2 Å². The zero-order valence-electron chi connectivity index (χ0n) is 18.2. The normalized spacial score (nSPS) is 20.6. The summed E-state index contributed by atoms with van der Waals surface area (Å²) in [4.78, 5) is 37.3. The van der Waals surface area contributed by atoms with E-state index in [0.717, 1.165) is 0 Å². The smallest absolute Gasteiger partial charge is 0.508 e. The molecule has 0 bridgehead atoms. The maximum Gasteiger partial charge on any atom is 0.531 e. The maximum absolute atomic E-state index is 12.6. The molecule has 0 saturated carbocycles. The van der Waals surface area contributed by atoms with E-state index in [1.807, 2.05) is 20.8 Å². The molecule has 10 heteroatoms. The van der Waals surface area contributed by atoms with Gasteiger partial charge < -0.3 is 14.6 Å². The van der Waals surface area contributed by atoms with Crippen molar-refractivity contribution in [3.8, 4) is 0 Å². The van der Waals surface area contributed by atoms with Crippen LogP contribution < -0.4 is 10.6 Å². The zero-order chi connectivity index (χ0) is 23.1. The second-order valence-corrected chi connectivity index (χ2v) is 9.21. The van der Waals surface area contributed by atoms with Crippen LogP contribution in [0.2, 0.25) is 15.9 Å². The highest BCUT2D eigenvalue weighted by Crippen LogP contribution is 2.28. The van der Waals surface area contributed by atoms with E-state index in [1.54, 1.807) is 13.0 Å². The van der Waals surface area contributed by atoms with Crippen molar-refractivity contribution in [2.24, 2.45) is 5.92 Å². The van der Waals surface area contributed by atoms with Crippen LogP contribution in [0.3, 0.4) is 0 Å². The Morgan fingerprint density at radius 1 is 1.29 bits per heavy atom. The van der Waals surface area contributed by atoms with Gasteiger partial charge in [-0.15, -0.1) is 0 Å². The Kier molecular flexibility index (Phi) is 9.81. The Labute approximate surface area is 193 Å². The van der Waals surface area contributed by atoms with Crippen LogP contribution in [-0.4, -0.2) is 50.0 Å². The van der Waals surface area contributed by atoms with Crippen LogP contribution in [0, 0.1) is 5.92 Å². The van der Waals surface area contributed by atoms with Gasteiger partial charge in [0, 0.05) is 29.9 Å². The summed E-state index contributed by atoms with van der Waals surface area (Å²) >= 11 is 12.0. The summed E-state index contributed by atoms with van der Waals surface area (Å²) in [6, 6.07) is 4.07. The summed E-state index contributed by atoms with van der Waals surface area (Å²) in [7, 11) is -0.816.